The Labute approximate surface area is 126 Å². The molecule has 0 saturated heterocycles. The van der Waals surface area contributed by atoms with Gasteiger partial charge in [0.15, 0.2) is 0 Å². The maximum atomic E-state index is 9.55. The van der Waals surface area contributed by atoms with E-state index in [1.54, 1.807) is 21.3 Å². The van der Waals surface area contributed by atoms with E-state index < -0.39 is 20.7 Å². The van der Waals surface area contributed by atoms with Crippen LogP contribution < -0.4 is 0 Å². The lowest BCUT2D eigenvalue weighted by atomic mass is 10.4. The molecular formula is C12H25NO7Si. The van der Waals surface area contributed by atoms with Crippen LogP contribution in [0.15, 0.2) is 12.2 Å². The van der Waals surface area contributed by atoms with E-state index >= 15 is 0 Å². The smallest absolute Gasteiger partial charge is 0.478 e. The van der Waals surface area contributed by atoms with Crippen LogP contribution in [-0.4, -0.2) is 76.9 Å². The number of hydrogen-bond donors (Lipinski definition) is 2. The molecule has 0 saturated carbocycles. The van der Waals surface area contributed by atoms with Crippen molar-refractivity contribution in [2.24, 2.45) is 0 Å². The molecule has 0 radical (unpaired) electrons. The topological polar surface area (TPSA) is 106 Å². The van der Waals surface area contributed by atoms with Crippen molar-refractivity contribution in [3.8, 4) is 0 Å². The Morgan fingerprint density at radius 1 is 1.05 bits per heavy atom. The molecule has 0 aromatic heterocycles. The zero-order valence-electron chi connectivity index (χ0n) is 13.3. The van der Waals surface area contributed by atoms with Crippen molar-refractivity contribution >= 4 is 20.7 Å². The lowest BCUT2D eigenvalue weighted by Gasteiger charge is -2.35. The molecule has 0 aliphatic carbocycles. The first-order valence-corrected chi connectivity index (χ1v) is 7.96. The van der Waals surface area contributed by atoms with Crippen molar-refractivity contribution < 1.29 is 33.1 Å². The Morgan fingerprint density at radius 2 is 1.38 bits per heavy atom. The Kier molecular flexibility index (Phi) is 12.0. The summed E-state index contributed by atoms with van der Waals surface area (Å²) in [5.41, 5.74) is 0.215. The summed E-state index contributed by atoms with van der Waals surface area (Å²) in [7, 11) is 6.46. The minimum atomic E-state index is -2.48. The van der Waals surface area contributed by atoms with Crippen molar-refractivity contribution in [1.29, 1.82) is 0 Å². The molecular weight excluding hydrogens is 298 g/mol. The Bertz CT molecular complexity index is 318. The second-order valence-corrected chi connectivity index (χ2v) is 7.21. The molecule has 0 fully saturated rings. The van der Waals surface area contributed by atoms with Crippen molar-refractivity contribution in [1.82, 2.24) is 4.90 Å². The van der Waals surface area contributed by atoms with Crippen LogP contribution in [-0.2, 0) is 22.9 Å². The van der Waals surface area contributed by atoms with Gasteiger partial charge < -0.3 is 28.4 Å². The molecule has 0 aromatic carbocycles. The summed E-state index contributed by atoms with van der Waals surface area (Å²) in [6.07, 6.45) is 2.07. The van der Waals surface area contributed by atoms with Crippen LogP contribution in [0.4, 0.5) is 0 Å². The van der Waals surface area contributed by atoms with Crippen LogP contribution in [0.1, 0.15) is 13.3 Å². The lowest BCUT2D eigenvalue weighted by molar-refractivity contribution is -0.134. The first kappa shape index (κ1) is 22.0. The van der Waals surface area contributed by atoms with Crippen LogP contribution in [0.2, 0.25) is 0 Å². The maximum Gasteiger partial charge on any atom is 0.518 e. The highest BCUT2D eigenvalue weighted by atomic mass is 28.4. The van der Waals surface area contributed by atoms with Crippen molar-refractivity contribution in [2.45, 2.75) is 19.0 Å². The summed E-state index contributed by atoms with van der Waals surface area (Å²) in [6, 6.07) is 0. The average Bonchev–Trinajstić information content (AvgIpc) is 2.43. The predicted molar refractivity (Wildman–Crippen MR) is 79.0 cm³/mol. The number of carboxylic acid groups (broad SMARTS) is 2. The molecule has 2 N–H and O–H groups in total. The molecule has 1 atom stereocenters. The molecule has 8 nitrogen and oxygen atoms in total. The minimum Gasteiger partial charge on any atom is -0.478 e. The van der Waals surface area contributed by atoms with E-state index in [9.17, 15) is 9.59 Å². The van der Waals surface area contributed by atoms with Gasteiger partial charge in [0.25, 0.3) is 0 Å². The first-order chi connectivity index (χ1) is 9.70. The van der Waals surface area contributed by atoms with Gasteiger partial charge in [-0.25, -0.2) is 9.59 Å². The standard InChI is InChI=1S/C8H21NO3Si.C4H4O4/c1-7-8(9(2)3)13(10-4,11-5)12-6;5-3(6)1-2-4(7)8/h8H,7H2,1-6H3;1-2H,(H,5,6)(H,7,8). The fraction of sp³-hybridized carbons (Fsp3) is 0.667. The van der Waals surface area contributed by atoms with E-state index in [4.69, 9.17) is 23.5 Å². The maximum absolute atomic E-state index is 9.55. The highest BCUT2D eigenvalue weighted by Gasteiger charge is 2.47. The monoisotopic (exact) mass is 323 g/mol. The van der Waals surface area contributed by atoms with E-state index in [0.29, 0.717) is 12.2 Å². The lowest BCUT2D eigenvalue weighted by Crippen LogP contribution is -2.59. The Balaban J connectivity index is 0. The van der Waals surface area contributed by atoms with Gasteiger partial charge in [0, 0.05) is 33.5 Å². The van der Waals surface area contributed by atoms with E-state index in [1.165, 1.54) is 0 Å². The summed E-state index contributed by atoms with van der Waals surface area (Å²) in [6.45, 7) is 2.10. The molecule has 0 bridgehead atoms. The highest BCUT2D eigenvalue weighted by molar-refractivity contribution is 6.62. The number of carboxylic acids is 2. The van der Waals surface area contributed by atoms with Gasteiger partial charge in [-0.15, -0.1) is 0 Å². The molecule has 0 spiro atoms. The van der Waals surface area contributed by atoms with Gasteiger partial charge in [0.05, 0.1) is 5.67 Å². The van der Waals surface area contributed by atoms with Gasteiger partial charge in [-0.2, -0.15) is 0 Å². The summed E-state index contributed by atoms with van der Waals surface area (Å²) in [5.74, 6) is -2.51. The van der Waals surface area contributed by atoms with Gasteiger partial charge in [0.2, 0.25) is 0 Å². The van der Waals surface area contributed by atoms with E-state index in [2.05, 4.69) is 11.8 Å². The molecule has 9 heteroatoms. The second kappa shape index (κ2) is 11.4. The highest BCUT2D eigenvalue weighted by Crippen LogP contribution is 2.18. The third-order valence-corrected chi connectivity index (χ3v) is 6.09. The summed E-state index contributed by atoms with van der Waals surface area (Å²) in [5, 5.41) is 15.6. The van der Waals surface area contributed by atoms with Crippen LogP contribution in [0.5, 0.6) is 0 Å². The van der Waals surface area contributed by atoms with E-state index in [0.717, 1.165) is 6.42 Å². The first-order valence-electron chi connectivity index (χ1n) is 6.16. The number of rotatable bonds is 8. The molecule has 0 aromatic rings. The third kappa shape index (κ3) is 8.58. The minimum absolute atomic E-state index is 0.215. The summed E-state index contributed by atoms with van der Waals surface area (Å²) >= 11 is 0. The van der Waals surface area contributed by atoms with Crippen LogP contribution in [0, 0.1) is 0 Å². The van der Waals surface area contributed by atoms with Gasteiger partial charge >= 0.3 is 20.7 Å². The molecule has 0 amide bonds. The molecule has 0 heterocycles. The van der Waals surface area contributed by atoms with Gasteiger partial charge in [0.1, 0.15) is 0 Å². The molecule has 1 unspecified atom stereocenters. The predicted octanol–water partition coefficient (Wildman–Crippen LogP) is 0.456. The number of carbonyl (C=O) groups is 2. The molecule has 124 valence electrons. The van der Waals surface area contributed by atoms with Crippen molar-refractivity contribution in [3.05, 3.63) is 12.2 Å². The van der Waals surface area contributed by atoms with Crippen LogP contribution in [0.3, 0.4) is 0 Å². The van der Waals surface area contributed by atoms with E-state index in [-0.39, 0.29) is 5.67 Å². The van der Waals surface area contributed by atoms with Crippen LogP contribution >= 0.6 is 0 Å². The fourth-order valence-electron chi connectivity index (χ4n) is 1.73. The molecule has 0 rings (SSSR count). The average molecular weight is 323 g/mol. The molecule has 21 heavy (non-hydrogen) atoms. The van der Waals surface area contributed by atoms with Gasteiger partial charge in [-0.1, -0.05) is 6.92 Å². The largest absolute Gasteiger partial charge is 0.518 e. The number of hydrogen-bond acceptors (Lipinski definition) is 6. The zero-order chi connectivity index (χ0) is 17.1. The third-order valence-electron chi connectivity index (χ3n) is 2.64. The summed E-state index contributed by atoms with van der Waals surface area (Å²) in [4.78, 5) is 21.2. The molecule has 0 aliphatic heterocycles. The Hall–Kier alpha value is -1.26. The second-order valence-electron chi connectivity index (χ2n) is 4.11. The SMILES string of the molecule is CCC(N(C)C)[Si](OC)(OC)OC.O=C(O)C=CC(=O)O. The normalized spacial score (nSPS) is 12.9. The van der Waals surface area contributed by atoms with Crippen molar-refractivity contribution in [3.63, 3.8) is 0 Å². The number of nitrogens with zero attached hydrogens (tertiary/aromatic N) is 1. The fourth-order valence-corrected chi connectivity index (χ4v) is 4.18. The van der Waals surface area contributed by atoms with E-state index in [1.807, 2.05) is 14.1 Å². The van der Waals surface area contributed by atoms with Crippen LogP contribution in [0.25, 0.3) is 0 Å². The molecule has 0 aliphatic rings. The van der Waals surface area contributed by atoms with Gasteiger partial charge in [-0.05, 0) is 20.5 Å². The van der Waals surface area contributed by atoms with Gasteiger partial charge in [-0.3, -0.25) is 0 Å². The number of aliphatic carboxylic acids is 2. The Morgan fingerprint density at radius 3 is 1.48 bits per heavy atom. The quantitative estimate of drug-likeness (QED) is 0.490. The zero-order valence-corrected chi connectivity index (χ0v) is 14.3. The summed E-state index contributed by atoms with van der Waals surface area (Å²) < 4.78 is 16.2. The van der Waals surface area contributed by atoms with Crippen molar-refractivity contribution in [2.75, 3.05) is 35.4 Å².